The molecule has 0 saturated carbocycles. The number of benzene rings is 2. The Balaban J connectivity index is 2.22. The van der Waals surface area contributed by atoms with Gasteiger partial charge in [0.05, 0.1) is 25.9 Å². The maximum absolute atomic E-state index is 11.8. The zero-order valence-corrected chi connectivity index (χ0v) is 15.9. The Hall–Kier alpha value is -2.41. The Labute approximate surface area is 159 Å². The van der Waals surface area contributed by atoms with E-state index in [0.29, 0.717) is 18.9 Å². The van der Waals surface area contributed by atoms with Crippen LogP contribution in [0.4, 0.5) is 0 Å². The molecule has 0 aliphatic rings. The van der Waals surface area contributed by atoms with Crippen molar-refractivity contribution in [2.24, 2.45) is 0 Å². The third kappa shape index (κ3) is 5.53. The largest absolute Gasteiger partial charge is 0.496 e. The predicted molar refractivity (Wildman–Crippen MR) is 104 cm³/mol. The minimum absolute atomic E-state index is 0.315. The van der Waals surface area contributed by atoms with Gasteiger partial charge in [-0.2, -0.15) is 0 Å². The van der Waals surface area contributed by atoms with Crippen LogP contribution in [0, 0.1) is 0 Å². The molecule has 0 bridgehead atoms. The third-order valence-corrected chi connectivity index (χ3v) is 4.28. The number of Topliss-reactive ketones (excluding diaryl/α,β-unsaturated/α-hetero) is 1. The second kappa shape index (κ2) is 10.1. The molecule has 0 heterocycles. The first kappa shape index (κ1) is 20.9. The lowest BCUT2D eigenvalue weighted by Gasteiger charge is -2.20. The van der Waals surface area contributed by atoms with Gasteiger partial charge in [0.1, 0.15) is 18.1 Å². The van der Waals surface area contributed by atoms with Gasteiger partial charge in [-0.25, -0.2) is 0 Å². The Morgan fingerprint density at radius 3 is 2.37 bits per heavy atom. The summed E-state index contributed by atoms with van der Waals surface area (Å²) >= 11 is 0. The summed E-state index contributed by atoms with van der Waals surface area (Å²) in [5, 5.41) is 21.9. The monoisotopic (exact) mass is 373 g/mol. The lowest BCUT2D eigenvalue weighted by atomic mass is 10.0. The van der Waals surface area contributed by atoms with Gasteiger partial charge in [-0.15, -0.1) is 0 Å². The molecule has 3 N–H and O–H groups in total. The van der Waals surface area contributed by atoms with Gasteiger partial charge < -0.3 is 25.0 Å². The van der Waals surface area contributed by atoms with Crippen molar-refractivity contribution < 1.29 is 24.5 Å². The number of rotatable bonds is 10. The molecule has 0 amide bonds. The maximum atomic E-state index is 11.8. The Bertz CT molecular complexity index is 743. The first-order valence-corrected chi connectivity index (χ1v) is 8.95. The minimum atomic E-state index is -0.912. The molecule has 0 aromatic heterocycles. The molecule has 0 spiro atoms. The fourth-order valence-corrected chi connectivity index (χ4v) is 2.88. The highest BCUT2D eigenvalue weighted by molar-refractivity contribution is 5.85. The van der Waals surface area contributed by atoms with Gasteiger partial charge in [0, 0.05) is 12.1 Å². The number of aliphatic hydroxyl groups excluding tert-OH is 2. The Morgan fingerprint density at radius 2 is 1.81 bits per heavy atom. The van der Waals surface area contributed by atoms with Crippen LogP contribution in [-0.2, 0) is 11.3 Å². The van der Waals surface area contributed by atoms with Gasteiger partial charge in [0.2, 0.25) is 0 Å². The van der Waals surface area contributed by atoms with Crippen LogP contribution >= 0.6 is 0 Å². The first-order chi connectivity index (χ1) is 13.0. The molecule has 2 atom stereocenters. The smallest absolute Gasteiger partial charge is 0.177 e. The van der Waals surface area contributed by atoms with Crippen LogP contribution in [0.15, 0.2) is 42.5 Å². The number of ketones is 1. The summed E-state index contributed by atoms with van der Waals surface area (Å²) in [7, 11) is 1.58. The van der Waals surface area contributed by atoms with Crippen molar-refractivity contribution in [3.8, 4) is 22.6 Å². The fourth-order valence-electron chi connectivity index (χ4n) is 2.88. The van der Waals surface area contributed by atoms with Crippen molar-refractivity contribution in [2.75, 3.05) is 20.3 Å². The zero-order chi connectivity index (χ0) is 19.8. The van der Waals surface area contributed by atoms with E-state index in [4.69, 9.17) is 14.6 Å². The fraction of sp³-hybridized carbons (Fsp3) is 0.381. The number of carbonyl (C=O) groups is 1. The van der Waals surface area contributed by atoms with E-state index < -0.39 is 24.5 Å². The van der Waals surface area contributed by atoms with E-state index >= 15 is 0 Å². The molecule has 2 aromatic rings. The summed E-state index contributed by atoms with van der Waals surface area (Å²) in [4.78, 5) is 11.8. The quantitative estimate of drug-likeness (QED) is 0.592. The predicted octanol–water partition coefficient (Wildman–Crippen LogP) is 2.16. The second-order valence-corrected chi connectivity index (χ2v) is 6.21. The summed E-state index contributed by atoms with van der Waals surface area (Å²) in [5.41, 5.74) is 2.87. The first-order valence-electron chi connectivity index (χ1n) is 8.95. The van der Waals surface area contributed by atoms with Crippen molar-refractivity contribution >= 4 is 5.78 Å². The Morgan fingerprint density at radius 1 is 1.15 bits per heavy atom. The van der Waals surface area contributed by atoms with Crippen LogP contribution in [0.5, 0.6) is 11.5 Å². The van der Waals surface area contributed by atoms with Crippen LogP contribution < -0.4 is 14.8 Å². The third-order valence-electron chi connectivity index (χ3n) is 4.28. The Kier molecular flexibility index (Phi) is 7.79. The van der Waals surface area contributed by atoms with E-state index in [-0.39, 0.29) is 0 Å². The van der Waals surface area contributed by atoms with Crippen molar-refractivity contribution in [1.29, 1.82) is 0 Å². The lowest BCUT2D eigenvalue weighted by Crippen LogP contribution is -2.45. The summed E-state index contributed by atoms with van der Waals surface area (Å²) in [5.74, 6) is 1.04. The maximum Gasteiger partial charge on any atom is 0.177 e. The van der Waals surface area contributed by atoms with Crippen LogP contribution in [0.3, 0.4) is 0 Å². The van der Waals surface area contributed by atoms with Crippen molar-refractivity contribution in [1.82, 2.24) is 5.32 Å². The molecule has 0 unspecified atom stereocenters. The number of hydrogen-bond acceptors (Lipinski definition) is 6. The van der Waals surface area contributed by atoms with Gasteiger partial charge in [-0.3, -0.25) is 4.79 Å². The molecular formula is C21H27NO5. The van der Waals surface area contributed by atoms with E-state index in [2.05, 4.69) is 5.32 Å². The molecule has 146 valence electrons. The molecule has 2 aromatic carbocycles. The summed E-state index contributed by atoms with van der Waals surface area (Å²) in [6.07, 6.45) is -0.912. The summed E-state index contributed by atoms with van der Waals surface area (Å²) in [6, 6.07) is 12.8. The van der Waals surface area contributed by atoms with E-state index in [0.717, 1.165) is 22.4 Å². The molecule has 6 heteroatoms. The second-order valence-electron chi connectivity index (χ2n) is 6.21. The molecule has 0 fully saturated rings. The molecule has 2 rings (SSSR count). The molecule has 0 aliphatic heterocycles. The van der Waals surface area contributed by atoms with Gasteiger partial charge in [-0.1, -0.05) is 18.2 Å². The van der Waals surface area contributed by atoms with Crippen molar-refractivity contribution in [2.45, 2.75) is 32.5 Å². The average Bonchev–Trinajstić information content (AvgIpc) is 2.68. The zero-order valence-electron chi connectivity index (χ0n) is 15.9. The van der Waals surface area contributed by atoms with Gasteiger partial charge >= 0.3 is 0 Å². The standard InChI is InChI=1S/C21H27NO5/c1-4-27-18-8-5-15(6-9-18)16-7-10-20(26-3)17(11-16)12-22-21(14(2)24)19(25)13-23/h5-11,14,21-24H,4,12-13H2,1-3H3/t14-,21+/m1/s1. The molecule has 6 nitrogen and oxygen atoms in total. The highest BCUT2D eigenvalue weighted by Crippen LogP contribution is 2.28. The molecule has 27 heavy (non-hydrogen) atoms. The van der Waals surface area contributed by atoms with E-state index in [1.165, 1.54) is 6.92 Å². The van der Waals surface area contributed by atoms with Crippen LogP contribution in [-0.4, -0.2) is 48.5 Å². The van der Waals surface area contributed by atoms with E-state index in [1.54, 1.807) is 7.11 Å². The van der Waals surface area contributed by atoms with E-state index in [1.807, 2.05) is 49.4 Å². The normalized spacial score (nSPS) is 13.1. The lowest BCUT2D eigenvalue weighted by molar-refractivity contribution is -0.126. The number of hydrogen-bond donors (Lipinski definition) is 3. The highest BCUT2D eigenvalue weighted by atomic mass is 16.5. The molecule has 0 radical (unpaired) electrons. The number of methoxy groups -OCH3 is 1. The average molecular weight is 373 g/mol. The van der Waals surface area contributed by atoms with Crippen molar-refractivity contribution in [3.05, 3.63) is 48.0 Å². The number of ether oxygens (including phenoxy) is 2. The van der Waals surface area contributed by atoms with Crippen LogP contribution in [0.1, 0.15) is 19.4 Å². The van der Waals surface area contributed by atoms with Crippen LogP contribution in [0.2, 0.25) is 0 Å². The van der Waals surface area contributed by atoms with Gasteiger partial charge in [-0.05, 0) is 49.2 Å². The summed E-state index contributed by atoms with van der Waals surface area (Å²) < 4.78 is 10.9. The molecular weight excluding hydrogens is 346 g/mol. The molecule has 0 aliphatic carbocycles. The minimum Gasteiger partial charge on any atom is -0.496 e. The number of carbonyl (C=O) groups excluding carboxylic acids is 1. The molecule has 0 saturated heterocycles. The SMILES string of the molecule is CCOc1ccc(-c2ccc(OC)c(CN[C@H](C(=O)CO)[C@@H](C)O)c2)cc1. The topological polar surface area (TPSA) is 88.0 Å². The van der Waals surface area contributed by atoms with Crippen molar-refractivity contribution in [3.63, 3.8) is 0 Å². The van der Waals surface area contributed by atoms with E-state index in [9.17, 15) is 9.90 Å². The highest BCUT2D eigenvalue weighted by Gasteiger charge is 2.22. The van der Waals surface area contributed by atoms with Gasteiger partial charge in [0.25, 0.3) is 0 Å². The number of nitrogens with one attached hydrogen (secondary N) is 1. The number of aliphatic hydroxyl groups is 2. The van der Waals surface area contributed by atoms with Crippen LogP contribution in [0.25, 0.3) is 11.1 Å². The van der Waals surface area contributed by atoms with Gasteiger partial charge in [0.15, 0.2) is 5.78 Å². The summed E-state index contributed by atoms with van der Waals surface area (Å²) in [6.45, 7) is 3.77.